The highest BCUT2D eigenvalue weighted by atomic mass is 16.1. The van der Waals surface area contributed by atoms with Crippen LogP contribution in [0.3, 0.4) is 0 Å². The van der Waals surface area contributed by atoms with Gasteiger partial charge in [0.2, 0.25) is 5.91 Å². The molecule has 1 heterocycles. The zero-order chi connectivity index (χ0) is 17.1. The smallest absolute Gasteiger partial charge is 0.244 e. The Morgan fingerprint density at radius 1 is 1.08 bits per heavy atom. The van der Waals surface area contributed by atoms with Crippen molar-refractivity contribution in [1.29, 1.82) is 0 Å². The standard InChI is InChI=1S/C20H21N3O/c1-14(2)13-18(24)22-19(15-9-5-4-6-10-15)20-21-16-11-7-8-12-17(16)23(20)3/h4-13,19H,1-3H3,(H,22,24). The second kappa shape index (κ2) is 6.71. The first-order chi connectivity index (χ1) is 11.6. The third-order valence-corrected chi connectivity index (χ3v) is 3.92. The number of nitrogens with zero attached hydrogens (tertiary/aromatic N) is 2. The van der Waals surface area contributed by atoms with E-state index >= 15 is 0 Å². The van der Waals surface area contributed by atoms with Crippen LogP contribution in [-0.4, -0.2) is 15.5 Å². The summed E-state index contributed by atoms with van der Waals surface area (Å²) in [5, 5.41) is 3.08. The Hall–Kier alpha value is -2.88. The van der Waals surface area contributed by atoms with Gasteiger partial charge in [-0.3, -0.25) is 4.79 Å². The summed E-state index contributed by atoms with van der Waals surface area (Å²) in [7, 11) is 1.98. The lowest BCUT2D eigenvalue weighted by Gasteiger charge is -2.18. The minimum atomic E-state index is -0.299. The Bertz CT molecular complexity index is 890. The molecule has 24 heavy (non-hydrogen) atoms. The maximum atomic E-state index is 12.3. The van der Waals surface area contributed by atoms with E-state index in [2.05, 4.69) is 5.32 Å². The molecular formula is C20H21N3O. The molecule has 1 amide bonds. The summed E-state index contributed by atoms with van der Waals surface area (Å²) < 4.78 is 2.04. The summed E-state index contributed by atoms with van der Waals surface area (Å²) >= 11 is 0. The summed E-state index contributed by atoms with van der Waals surface area (Å²) in [6.07, 6.45) is 1.61. The molecular weight excluding hydrogens is 298 g/mol. The first-order valence-corrected chi connectivity index (χ1v) is 7.98. The molecule has 3 rings (SSSR count). The molecule has 0 saturated heterocycles. The van der Waals surface area contributed by atoms with Crippen LogP contribution in [0.25, 0.3) is 11.0 Å². The number of aromatic nitrogens is 2. The summed E-state index contributed by atoms with van der Waals surface area (Å²) in [5.41, 5.74) is 3.94. The number of hydrogen-bond donors (Lipinski definition) is 1. The molecule has 3 aromatic rings. The predicted octanol–water partition coefficient (Wildman–Crippen LogP) is 3.75. The van der Waals surface area contributed by atoms with Gasteiger partial charge in [-0.15, -0.1) is 0 Å². The molecule has 0 spiro atoms. The van der Waals surface area contributed by atoms with Gasteiger partial charge in [-0.05, 0) is 31.5 Å². The molecule has 0 aliphatic rings. The van der Waals surface area contributed by atoms with E-state index in [9.17, 15) is 4.79 Å². The lowest BCUT2D eigenvalue weighted by molar-refractivity contribution is -0.117. The van der Waals surface area contributed by atoms with Crippen molar-refractivity contribution in [3.8, 4) is 0 Å². The Kier molecular flexibility index (Phi) is 4.47. The molecule has 0 bridgehead atoms. The molecule has 1 unspecified atom stereocenters. The van der Waals surface area contributed by atoms with Crippen molar-refractivity contribution in [3.63, 3.8) is 0 Å². The van der Waals surface area contributed by atoms with E-state index in [0.29, 0.717) is 0 Å². The number of hydrogen-bond acceptors (Lipinski definition) is 2. The summed E-state index contributed by atoms with van der Waals surface area (Å²) in [5.74, 6) is 0.703. The van der Waals surface area contributed by atoms with Gasteiger partial charge in [0, 0.05) is 13.1 Å². The summed E-state index contributed by atoms with van der Waals surface area (Å²) in [6, 6.07) is 17.6. The molecule has 0 saturated carbocycles. The van der Waals surface area contributed by atoms with E-state index in [1.54, 1.807) is 6.08 Å². The SMILES string of the molecule is CC(C)=CC(=O)NC(c1ccccc1)c1nc2ccccc2n1C. The number of rotatable bonds is 4. The van der Waals surface area contributed by atoms with Gasteiger partial charge < -0.3 is 9.88 Å². The van der Waals surface area contributed by atoms with Gasteiger partial charge in [-0.1, -0.05) is 48.0 Å². The van der Waals surface area contributed by atoms with E-state index in [4.69, 9.17) is 4.98 Å². The molecule has 4 nitrogen and oxygen atoms in total. The number of imidazole rings is 1. The van der Waals surface area contributed by atoms with Crippen LogP contribution in [-0.2, 0) is 11.8 Å². The highest BCUT2D eigenvalue weighted by Gasteiger charge is 2.21. The Balaban J connectivity index is 2.08. The lowest BCUT2D eigenvalue weighted by Crippen LogP contribution is -2.29. The van der Waals surface area contributed by atoms with Crippen molar-refractivity contribution in [2.75, 3.05) is 0 Å². The first-order valence-electron chi connectivity index (χ1n) is 7.98. The quantitative estimate of drug-likeness (QED) is 0.745. The molecule has 0 aliphatic heterocycles. The monoisotopic (exact) mass is 319 g/mol. The number of allylic oxidation sites excluding steroid dienone is 1. The topological polar surface area (TPSA) is 46.9 Å². The van der Waals surface area contributed by atoms with Crippen molar-refractivity contribution in [3.05, 3.63) is 77.6 Å². The molecule has 1 aromatic heterocycles. The molecule has 0 fully saturated rings. The van der Waals surface area contributed by atoms with Crippen LogP contribution in [0.2, 0.25) is 0 Å². The predicted molar refractivity (Wildman–Crippen MR) is 96.6 cm³/mol. The molecule has 2 aromatic carbocycles. The molecule has 4 heteroatoms. The average molecular weight is 319 g/mol. The van der Waals surface area contributed by atoms with Crippen molar-refractivity contribution in [2.24, 2.45) is 7.05 Å². The van der Waals surface area contributed by atoms with Crippen LogP contribution in [0, 0.1) is 0 Å². The minimum absolute atomic E-state index is 0.115. The van der Waals surface area contributed by atoms with Gasteiger partial charge in [0.05, 0.1) is 11.0 Å². The number of nitrogens with one attached hydrogen (secondary N) is 1. The molecule has 1 N–H and O–H groups in total. The van der Waals surface area contributed by atoms with Gasteiger partial charge in [-0.2, -0.15) is 0 Å². The fraction of sp³-hybridized carbons (Fsp3) is 0.200. The van der Waals surface area contributed by atoms with Gasteiger partial charge in [0.25, 0.3) is 0 Å². The fourth-order valence-corrected chi connectivity index (χ4v) is 2.81. The molecule has 0 aliphatic carbocycles. The molecule has 0 radical (unpaired) electrons. The summed E-state index contributed by atoms with van der Waals surface area (Å²) in [4.78, 5) is 17.1. The second-order valence-electron chi connectivity index (χ2n) is 6.09. The number of amides is 1. The van der Waals surface area contributed by atoms with E-state index in [0.717, 1.165) is 28.0 Å². The van der Waals surface area contributed by atoms with Crippen LogP contribution in [0.15, 0.2) is 66.2 Å². The summed E-state index contributed by atoms with van der Waals surface area (Å²) in [6.45, 7) is 3.82. The minimum Gasteiger partial charge on any atom is -0.339 e. The van der Waals surface area contributed by atoms with Crippen molar-refractivity contribution in [2.45, 2.75) is 19.9 Å². The third kappa shape index (κ3) is 3.23. The highest BCUT2D eigenvalue weighted by Crippen LogP contribution is 2.25. The fourth-order valence-electron chi connectivity index (χ4n) is 2.81. The van der Waals surface area contributed by atoms with Crippen molar-refractivity contribution in [1.82, 2.24) is 14.9 Å². The first kappa shape index (κ1) is 16.0. The largest absolute Gasteiger partial charge is 0.339 e. The maximum Gasteiger partial charge on any atom is 0.244 e. The van der Waals surface area contributed by atoms with Crippen molar-refractivity contribution < 1.29 is 4.79 Å². The van der Waals surface area contributed by atoms with Crippen LogP contribution in [0.1, 0.15) is 31.3 Å². The maximum absolute atomic E-state index is 12.3. The molecule has 122 valence electrons. The van der Waals surface area contributed by atoms with E-state index in [-0.39, 0.29) is 11.9 Å². The van der Waals surface area contributed by atoms with E-state index in [1.807, 2.05) is 80.1 Å². The number of carbonyl (C=O) groups is 1. The van der Waals surface area contributed by atoms with Crippen LogP contribution in [0.5, 0.6) is 0 Å². The number of benzene rings is 2. The number of fused-ring (bicyclic) bond motifs is 1. The van der Waals surface area contributed by atoms with Crippen LogP contribution in [0.4, 0.5) is 0 Å². The number of aryl methyl sites for hydroxylation is 1. The van der Waals surface area contributed by atoms with E-state index in [1.165, 1.54) is 0 Å². The van der Waals surface area contributed by atoms with Crippen LogP contribution >= 0.6 is 0 Å². The zero-order valence-electron chi connectivity index (χ0n) is 14.2. The zero-order valence-corrected chi connectivity index (χ0v) is 14.2. The number of carbonyl (C=O) groups excluding carboxylic acids is 1. The highest BCUT2D eigenvalue weighted by molar-refractivity contribution is 5.88. The normalized spacial score (nSPS) is 12.0. The van der Waals surface area contributed by atoms with Gasteiger partial charge in [0.15, 0.2) is 0 Å². The molecule has 1 atom stereocenters. The van der Waals surface area contributed by atoms with Gasteiger partial charge in [0.1, 0.15) is 11.9 Å². The van der Waals surface area contributed by atoms with Gasteiger partial charge >= 0.3 is 0 Å². The lowest BCUT2D eigenvalue weighted by atomic mass is 10.1. The second-order valence-corrected chi connectivity index (χ2v) is 6.09. The Morgan fingerprint density at radius 2 is 1.75 bits per heavy atom. The average Bonchev–Trinajstić information content (AvgIpc) is 2.90. The Labute approximate surface area is 141 Å². The number of para-hydroxylation sites is 2. The van der Waals surface area contributed by atoms with Gasteiger partial charge in [-0.25, -0.2) is 4.98 Å². The van der Waals surface area contributed by atoms with Crippen molar-refractivity contribution >= 4 is 16.9 Å². The Morgan fingerprint density at radius 3 is 2.42 bits per heavy atom. The third-order valence-electron chi connectivity index (χ3n) is 3.92. The van der Waals surface area contributed by atoms with E-state index < -0.39 is 0 Å². The van der Waals surface area contributed by atoms with Crippen LogP contribution < -0.4 is 5.32 Å².